The van der Waals surface area contributed by atoms with Gasteiger partial charge in [-0.3, -0.25) is 4.79 Å². The van der Waals surface area contributed by atoms with E-state index in [0.29, 0.717) is 12.8 Å². The lowest BCUT2D eigenvalue weighted by Gasteiger charge is -2.26. The summed E-state index contributed by atoms with van der Waals surface area (Å²) in [4.78, 5) is 11.4. The van der Waals surface area contributed by atoms with E-state index in [1.54, 1.807) is 31.7 Å². The van der Waals surface area contributed by atoms with Crippen molar-refractivity contribution in [3.8, 4) is 0 Å². The molecule has 0 unspecified atom stereocenters. The average molecular weight is 288 g/mol. The predicted molar refractivity (Wildman–Crippen MR) is 71.3 cm³/mol. The highest BCUT2D eigenvalue weighted by atomic mass is 32.2. The number of rotatable bonds is 7. The maximum absolute atomic E-state index is 12.0. The molecular formula is C12H20N2O4S. The molecule has 0 aliphatic rings. The van der Waals surface area contributed by atoms with E-state index in [1.165, 1.54) is 12.3 Å². The van der Waals surface area contributed by atoms with Gasteiger partial charge in [0, 0.05) is 26.0 Å². The summed E-state index contributed by atoms with van der Waals surface area (Å²) >= 11 is 0. The van der Waals surface area contributed by atoms with Crippen molar-refractivity contribution in [2.45, 2.75) is 31.6 Å². The van der Waals surface area contributed by atoms with Crippen LogP contribution in [0.1, 0.15) is 26.7 Å². The summed E-state index contributed by atoms with van der Waals surface area (Å²) in [7, 11) is -1.94. The Hall–Kier alpha value is -1.34. The minimum Gasteiger partial charge on any atom is -0.481 e. The van der Waals surface area contributed by atoms with Crippen molar-refractivity contribution in [1.29, 1.82) is 0 Å². The zero-order valence-corrected chi connectivity index (χ0v) is 12.2. The minimum absolute atomic E-state index is 0.105. The molecule has 0 aliphatic carbocycles. The predicted octanol–water partition coefficient (Wildman–Crippen LogP) is 1.19. The van der Waals surface area contributed by atoms with Gasteiger partial charge in [-0.1, -0.05) is 13.8 Å². The SMILES string of the molecule is CCC(CC)(CNS(=O)(=O)c1ccn(C)c1)C(=O)O. The van der Waals surface area contributed by atoms with Crippen molar-refractivity contribution in [2.24, 2.45) is 12.5 Å². The highest BCUT2D eigenvalue weighted by molar-refractivity contribution is 7.89. The Morgan fingerprint density at radius 1 is 1.42 bits per heavy atom. The van der Waals surface area contributed by atoms with Crippen molar-refractivity contribution in [1.82, 2.24) is 9.29 Å². The van der Waals surface area contributed by atoms with E-state index in [-0.39, 0.29) is 11.4 Å². The fourth-order valence-electron chi connectivity index (χ4n) is 1.83. The van der Waals surface area contributed by atoms with Gasteiger partial charge in [0.25, 0.3) is 0 Å². The molecule has 0 saturated carbocycles. The van der Waals surface area contributed by atoms with Gasteiger partial charge in [0.1, 0.15) is 0 Å². The molecule has 0 amide bonds. The molecule has 7 heteroatoms. The van der Waals surface area contributed by atoms with Crippen LogP contribution in [0.25, 0.3) is 0 Å². The molecule has 0 radical (unpaired) electrons. The number of nitrogens with zero attached hydrogens (tertiary/aromatic N) is 1. The Morgan fingerprint density at radius 2 is 2.00 bits per heavy atom. The molecule has 6 nitrogen and oxygen atoms in total. The molecule has 0 bridgehead atoms. The van der Waals surface area contributed by atoms with Crippen LogP contribution in [0.3, 0.4) is 0 Å². The third kappa shape index (κ3) is 3.36. The lowest BCUT2D eigenvalue weighted by atomic mass is 9.83. The summed E-state index contributed by atoms with van der Waals surface area (Å²) in [5.74, 6) is -0.978. The largest absolute Gasteiger partial charge is 0.481 e. The van der Waals surface area contributed by atoms with E-state index < -0.39 is 21.4 Å². The number of sulfonamides is 1. The van der Waals surface area contributed by atoms with Crippen LogP contribution in [0.4, 0.5) is 0 Å². The van der Waals surface area contributed by atoms with Crippen LogP contribution in [0.5, 0.6) is 0 Å². The Kier molecular flexibility index (Phi) is 4.75. The summed E-state index contributed by atoms with van der Waals surface area (Å²) in [5, 5.41) is 9.26. The number of carbonyl (C=O) groups is 1. The number of carboxylic acid groups (broad SMARTS) is 1. The number of carboxylic acids is 1. The molecule has 19 heavy (non-hydrogen) atoms. The molecule has 0 aromatic carbocycles. The first-order valence-electron chi connectivity index (χ1n) is 6.12. The minimum atomic E-state index is -3.66. The summed E-state index contributed by atoms with van der Waals surface area (Å²) in [6, 6.07) is 1.47. The van der Waals surface area contributed by atoms with E-state index in [9.17, 15) is 18.3 Å². The number of aryl methyl sites for hydroxylation is 1. The van der Waals surface area contributed by atoms with Gasteiger partial charge in [-0.05, 0) is 18.9 Å². The van der Waals surface area contributed by atoms with Gasteiger partial charge in [0.2, 0.25) is 10.0 Å². The van der Waals surface area contributed by atoms with E-state index >= 15 is 0 Å². The maximum atomic E-state index is 12.0. The first-order valence-corrected chi connectivity index (χ1v) is 7.61. The third-order valence-electron chi connectivity index (χ3n) is 3.52. The number of aromatic nitrogens is 1. The Morgan fingerprint density at radius 3 is 2.37 bits per heavy atom. The Labute approximate surface area is 113 Å². The van der Waals surface area contributed by atoms with Crippen LogP contribution in [0.2, 0.25) is 0 Å². The summed E-state index contributed by atoms with van der Waals surface area (Å²) in [6.45, 7) is 3.38. The molecule has 0 atom stereocenters. The quantitative estimate of drug-likeness (QED) is 0.789. The normalized spacial score (nSPS) is 12.6. The van der Waals surface area contributed by atoms with E-state index in [2.05, 4.69) is 4.72 Å². The summed E-state index contributed by atoms with van der Waals surface area (Å²) in [6.07, 6.45) is 3.84. The molecule has 0 saturated heterocycles. The van der Waals surface area contributed by atoms with Crippen LogP contribution in [-0.2, 0) is 21.9 Å². The Bertz CT molecular complexity index is 544. The highest BCUT2D eigenvalue weighted by Gasteiger charge is 2.36. The van der Waals surface area contributed by atoms with Crippen LogP contribution in [0, 0.1) is 5.41 Å². The lowest BCUT2D eigenvalue weighted by Crippen LogP contribution is -2.42. The number of hydrogen-bond acceptors (Lipinski definition) is 3. The van der Waals surface area contributed by atoms with Gasteiger partial charge in [-0.15, -0.1) is 0 Å². The molecule has 108 valence electrons. The molecular weight excluding hydrogens is 268 g/mol. The monoisotopic (exact) mass is 288 g/mol. The first-order chi connectivity index (χ1) is 8.77. The summed E-state index contributed by atoms with van der Waals surface area (Å²) in [5.41, 5.74) is -1.05. The van der Waals surface area contributed by atoms with Crippen molar-refractivity contribution in [3.05, 3.63) is 18.5 Å². The second-order valence-electron chi connectivity index (χ2n) is 4.63. The van der Waals surface area contributed by atoms with Gasteiger partial charge in [0.05, 0.1) is 10.3 Å². The molecule has 1 rings (SSSR count). The van der Waals surface area contributed by atoms with Gasteiger partial charge in [-0.25, -0.2) is 13.1 Å². The second-order valence-corrected chi connectivity index (χ2v) is 6.40. The maximum Gasteiger partial charge on any atom is 0.310 e. The fourth-order valence-corrected chi connectivity index (χ4v) is 3.01. The first kappa shape index (κ1) is 15.7. The van der Waals surface area contributed by atoms with E-state index in [0.717, 1.165) is 0 Å². The number of aliphatic carboxylic acids is 1. The molecule has 0 fully saturated rings. The standard InChI is InChI=1S/C12H20N2O4S/c1-4-12(5-2,11(15)16)9-13-19(17,18)10-6-7-14(3)8-10/h6-8,13H,4-5,9H2,1-3H3,(H,15,16). The average Bonchev–Trinajstić information content (AvgIpc) is 2.78. The van der Waals surface area contributed by atoms with Gasteiger partial charge in [-0.2, -0.15) is 0 Å². The van der Waals surface area contributed by atoms with Gasteiger partial charge in [0.15, 0.2) is 0 Å². The zero-order chi connectivity index (χ0) is 14.7. The third-order valence-corrected chi connectivity index (χ3v) is 4.91. The van der Waals surface area contributed by atoms with Gasteiger partial charge < -0.3 is 9.67 Å². The number of nitrogens with one attached hydrogen (secondary N) is 1. The smallest absolute Gasteiger partial charge is 0.310 e. The van der Waals surface area contributed by atoms with E-state index in [1.807, 2.05) is 0 Å². The van der Waals surface area contributed by atoms with Crippen LogP contribution in [-0.4, -0.2) is 30.6 Å². The second kappa shape index (κ2) is 5.75. The number of hydrogen-bond donors (Lipinski definition) is 2. The molecule has 0 spiro atoms. The van der Waals surface area contributed by atoms with Crippen LogP contribution >= 0.6 is 0 Å². The Balaban J connectivity index is 2.88. The molecule has 0 aliphatic heterocycles. The molecule has 1 heterocycles. The van der Waals surface area contributed by atoms with Crippen molar-refractivity contribution < 1.29 is 18.3 Å². The van der Waals surface area contributed by atoms with Gasteiger partial charge >= 0.3 is 5.97 Å². The van der Waals surface area contributed by atoms with Crippen LogP contribution < -0.4 is 4.72 Å². The topological polar surface area (TPSA) is 88.4 Å². The lowest BCUT2D eigenvalue weighted by molar-refractivity contribution is -0.149. The van der Waals surface area contributed by atoms with Crippen LogP contribution in [0.15, 0.2) is 23.4 Å². The molecule has 1 aromatic heterocycles. The highest BCUT2D eigenvalue weighted by Crippen LogP contribution is 2.26. The van der Waals surface area contributed by atoms with Crippen molar-refractivity contribution in [3.63, 3.8) is 0 Å². The fraction of sp³-hybridized carbons (Fsp3) is 0.583. The van der Waals surface area contributed by atoms with Crippen molar-refractivity contribution >= 4 is 16.0 Å². The molecule has 2 N–H and O–H groups in total. The zero-order valence-electron chi connectivity index (χ0n) is 11.4. The molecule has 1 aromatic rings. The summed E-state index contributed by atoms with van der Waals surface area (Å²) < 4.78 is 28.1. The van der Waals surface area contributed by atoms with E-state index in [4.69, 9.17) is 0 Å². The van der Waals surface area contributed by atoms with Crippen molar-refractivity contribution in [2.75, 3.05) is 6.54 Å².